The number of hydrogen-bond acceptors (Lipinski definition) is 5. The van der Waals surface area contributed by atoms with Crippen molar-refractivity contribution in [2.45, 2.75) is 187 Å². The molecule has 46 heavy (non-hydrogen) atoms. The lowest BCUT2D eigenvalue weighted by molar-refractivity contribution is -0.161. The molecule has 5 nitrogen and oxygen atoms in total. The Hall–Kier alpha value is -2.14. The smallest absolute Gasteiger partial charge is 0.306 e. The van der Waals surface area contributed by atoms with Crippen LogP contribution in [0.2, 0.25) is 0 Å². The van der Waals surface area contributed by atoms with Crippen LogP contribution in [0.3, 0.4) is 0 Å². The second-order valence-corrected chi connectivity index (χ2v) is 12.7. The predicted molar refractivity (Wildman–Crippen MR) is 196 cm³/mol. The van der Waals surface area contributed by atoms with Crippen LogP contribution in [0.4, 0.5) is 0 Å². The van der Waals surface area contributed by atoms with Gasteiger partial charge in [0.1, 0.15) is 6.61 Å². The number of aliphatic hydroxyl groups excluding tert-OH is 1. The second kappa shape index (κ2) is 37.3. The summed E-state index contributed by atoms with van der Waals surface area (Å²) in [7, 11) is 0. The Bertz CT molecular complexity index is 782. The second-order valence-electron chi connectivity index (χ2n) is 12.7. The molecule has 0 aliphatic carbocycles. The Balaban J connectivity index is 3.64. The third-order valence-corrected chi connectivity index (χ3v) is 8.13. The van der Waals surface area contributed by atoms with Crippen LogP contribution in [0.25, 0.3) is 0 Å². The van der Waals surface area contributed by atoms with E-state index in [-0.39, 0.29) is 25.2 Å². The maximum atomic E-state index is 12.1. The molecule has 0 saturated heterocycles. The van der Waals surface area contributed by atoms with Gasteiger partial charge in [0, 0.05) is 12.8 Å². The van der Waals surface area contributed by atoms with Gasteiger partial charge in [0.05, 0.1) is 6.61 Å². The number of allylic oxidation sites excluding steroid dienone is 8. The van der Waals surface area contributed by atoms with Crippen LogP contribution in [0.15, 0.2) is 48.6 Å². The first-order chi connectivity index (χ1) is 22.6. The maximum Gasteiger partial charge on any atom is 0.306 e. The van der Waals surface area contributed by atoms with E-state index >= 15 is 0 Å². The number of carbonyl (C=O) groups is 2. The highest BCUT2D eigenvalue weighted by Gasteiger charge is 2.16. The lowest BCUT2D eigenvalue weighted by Crippen LogP contribution is -2.28. The molecule has 0 aromatic carbocycles. The van der Waals surface area contributed by atoms with Gasteiger partial charge in [-0.3, -0.25) is 9.59 Å². The molecule has 0 aliphatic heterocycles. The number of carbonyl (C=O) groups excluding carboxylic acids is 2. The number of aliphatic hydroxyl groups is 1. The van der Waals surface area contributed by atoms with Crippen LogP contribution in [-0.4, -0.2) is 36.4 Å². The van der Waals surface area contributed by atoms with Gasteiger partial charge in [0.15, 0.2) is 6.10 Å². The van der Waals surface area contributed by atoms with E-state index in [1.165, 1.54) is 89.9 Å². The third-order valence-electron chi connectivity index (χ3n) is 8.13. The third kappa shape index (κ3) is 34.7. The van der Waals surface area contributed by atoms with Crippen LogP contribution in [0.5, 0.6) is 0 Å². The average molecular weight is 645 g/mol. The molecular formula is C41H72O5. The van der Waals surface area contributed by atoms with E-state index in [2.05, 4.69) is 62.5 Å². The molecule has 0 amide bonds. The van der Waals surface area contributed by atoms with Crippen molar-refractivity contribution in [1.29, 1.82) is 0 Å². The summed E-state index contributed by atoms with van der Waals surface area (Å²) in [6.45, 7) is 4.07. The molecule has 0 bridgehead atoms. The molecule has 0 spiro atoms. The van der Waals surface area contributed by atoms with E-state index in [0.29, 0.717) is 12.8 Å². The van der Waals surface area contributed by atoms with Crippen molar-refractivity contribution >= 4 is 11.9 Å². The standard InChI is InChI=1S/C41H72O5/c1-3-5-7-9-11-13-15-17-18-19-20-21-22-24-25-27-29-31-33-35-40(43)45-38-39(37-42)46-41(44)36-34-32-30-28-26-23-16-14-12-10-8-6-4-2/h11,13,17-18,20-21,24-25,39,42H,3-10,12,14-16,19,22-23,26-38H2,1-2H3/b13-11-,18-17-,21-20-,25-24-/t39-/m0/s1. The van der Waals surface area contributed by atoms with Crippen molar-refractivity contribution in [3.8, 4) is 0 Å². The van der Waals surface area contributed by atoms with Gasteiger partial charge >= 0.3 is 11.9 Å². The van der Waals surface area contributed by atoms with Crippen LogP contribution < -0.4 is 0 Å². The first-order valence-electron chi connectivity index (χ1n) is 19.2. The zero-order chi connectivity index (χ0) is 33.6. The van der Waals surface area contributed by atoms with E-state index in [1.54, 1.807) is 0 Å². The largest absolute Gasteiger partial charge is 0.462 e. The lowest BCUT2D eigenvalue weighted by atomic mass is 10.0. The maximum absolute atomic E-state index is 12.1. The fraction of sp³-hybridized carbons (Fsp3) is 0.756. The van der Waals surface area contributed by atoms with E-state index < -0.39 is 6.10 Å². The Morgan fingerprint density at radius 3 is 1.35 bits per heavy atom. The molecule has 0 unspecified atom stereocenters. The van der Waals surface area contributed by atoms with Crippen molar-refractivity contribution < 1.29 is 24.2 Å². The summed E-state index contributed by atoms with van der Waals surface area (Å²) in [6, 6.07) is 0. The monoisotopic (exact) mass is 645 g/mol. The van der Waals surface area contributed by atoms with Gasteiger partial charge in [0.25, 0.3) is 0 Å². The highest BCUT2D eigenvalue weighted by molar-refractivity contribution is 5.70. The molecule has 0 heterocycles. The Labute approximate surface area is 284 Å². The van der Waals surface area contributed by atoms with Gasteiger partial charge in [-0.1, -0.05) is 159 Å². The normalized spacial score (nSPS) is 12.7. The first-order valence-corrected chi connectivity index (χ1v) is 19.2. The summed E-state index contributed by atoms with van der Waals surface area (Å²) in [4.78, 5) is 24.2. The quantitative estimate of drug-likeness (QED) is 0.0429. The predicted octanol–water partition coefficient (Wildman–Crippen LogP) is 11.8. The molecular weight excluding hydrogens is 572 g/mol. The van der Waals surface area contributed by atoms with Gasteiger partial charge in [-0.15, -0.1) is 0 Å². The van der Waals surface area contributed by atoms with Gasteiger partial charge in [-0.25, -0.2) is 0 Å². The summed E-state index contributed by atoms with van der Waals surface area (Å²) < 4.78 is 10.6. The summed E-state index contributed by atoms with van der Waals surface area (Å²) >= 11 is 0. The molecule has 1 N–H and O–H groups in total. The average Bonchev–Trinajstić information content (AvgIpc) is 3.06. The lowest BCUT2D eigenvalue weighted by Gasteiger charge is -2.15. The minimum atomic E-state index is -0.782. The van der Waals surface area contributed by atoms with Crippen molar-refractivity contribution in [2.24, 2.45) is 0 Å². The molecule has 0 radical (unpaired) electrons. The van der Waals surface area contributed by atoms with Gasteiger partial charge in [-0.05, 0) is 57.8 Å². The molecule has 0 fully saturated rings. The number of rotatable bonds is 34. The number of esters is 2. The zero-order valence-electron chi connectivity index (χ0n) is 30.1. The molecule has 0 saturated carbocycles. The van der Waals surface area contributed by atoms with Crippen LogP contribution >= 0.6 is 0 Å². The Kier molecular flexibility index (Phi) is 35.6. The zero-order valence-corrected chi connectivity index (χ0v) is 30.1. The fourth-order valence-electron chi connectivity index (χ4n) is 5.18. The van der Waals surface area contributed by atoms with Crippen molar-refractivity contribution in [2.75, 3.05) is 13.2 Å². The van der Waals surface area contributed by atoms with Crippen LogP contribution in [-0.2, 0) is 19.1 Å². The molecule has 0 aliphatic rings. The Morgan fingerprint density at radius 2 is 0.870 bits per heavy atom. The molecule has 0 rings (SSSR count). The SMILES string of the molecule is CCCCC/C=C\C/C=C\C/C=C\C/C=C\CCCCCC(=O)OC[C@H](CO)OC(=O)CCCCCCCCCCCCCCC. The fourth-order valence-corrected chi connectivity index (χ4v) is 5.18. The number of hydrogen-bond donors (Lipinski definition) is 1. The molecule has 1 atom stereocenters. The summed E-state index contributed by atoms with van der Waals surface area (Å²) in [5, 5.41) is 9.53. The Morgan fingerprint density at radius 1 is 0.500 bits per heavy atom. The van der Waals surface area contributed by atoms with Crippen molar-refractivity contribution in [1.82, 2.24) is 0 Å². The first kappa shape index (κ1) is 43.9. The van der Waals surface area contributed by atoms with E-state index in [1.807, 2.05) is 0 Å². The minimum absolute atomic E-state index is 0.0815. The van der Waals surface area contributed by atoms with Gasteiger partial charge in [-0.2, -0.15) is 0 Å². The summed E-state index contributed by atoms with van der Waals surface area (Å²) in [5.41, 5.74) is 0. The van der Waals surface area contributed by atoms with Gasteiger partial charge < -0.3 is 14.6 Å². The molecule has 0 aromatic rings. The summed E-state index contributed by atoms with van der Waals surface area (Å²) in [5.74, 6) is -0.626. The minimum Gasteiger partial charge on any atom is -0.462 e. The van der Waals surface area contributed by atoms with Crippen LogP contribution in [0.1, 0.15) is 181 Å². The van der Waals surface area contributed by atoms with Crippen LogP contribution in [0, 0.1) is 0 Å². The van der Waals surface area contributed by atoms with Crippen molar-refractivity contribution in [3.63, 3.8) is 0 Å². The molecule has 0 aromatic heterocycles. The topological polar surface area (TPSA) is 72.8 Å². The van der Waals surface area contributed by atoms with Gasteiger partial charge in [0.2, 0.25) is 0 Å². The van der Waals surface area contributed by atoms with E-state index in [0.717, 1.165) is 64.2 Å². The number of ether oxygens (including phenoxy) is 2. The molecule has 266 valence electrons. The molecule has 5 heteroatoms. The summed E-state index contributed by atoms with van der Waals surface area (Å²) in [6.07, 6.45) is 45.9. The highest BCUT2D eigenvalue weighted by atomic mass is 16.6. The van der Waals surface area contributed by atoms with E-state index in [9.17, 15) is 14.7 Å². The highest BCUT2D eigenvalue weighted by Crippen LogP contribution is 2.13. The number of unbranched alkanes of at least 4 members (excludes halogenated alkanes) is 18. The van der Waals surface area contributed by atoms with Crippen molar-refractivity contribution in [3.05, 3.63) is 48.6 Å². The van der Waals surface area contributed by atoms with E-state index in [4.69, 9.17) is 9.47 Å².